The van der Waals surface area contributed by atoms with Crippen LogP contribution in [0.3, 0.4) is 0 Å². The summed E-state index contributed by atoms with van der Waals surface area (Å²) in [7, 11) is 0. The lowest BCUT2D eigenvalue weighted by Gasteiger charge is -2.01. The van der Waals surface area contributed by atoms with E-state index in [4.69, 9.17) is 0 Å². The molecule has 0 atom stereocenters. The number of allylic oxidation sites excluding steroid dienone is 3. The molecule has 0 spiro atoms. The van der Waals surface area contributed by atoms with Crippen LogP contribution in [0.2, 0.25) is 0 Å². The maximum Gasteiger partial charge on any atom is 0.253 e. The Morgan fingerprint density at radius 1 is 1.44 bits per heavy atom. The van der Waals surface area contributed by atoms with Crippen LogP contribution in [0.5, 0.6) is 0 Å². The molecule has 96 valence electrons. The van der Waals surface area contributed by atoms with Gasteiger partial charge in [0.2, 0.25) is 0 Å². The lowest BCUT2D eigenvalue weighted by Crippen LogP contribution is -2.23. The molecule has 3 heteroatoms. The van der Waals surface area contributed by atoms with Crippen molar-refractivity contribution in [2.75, 3.05) is 6.54 Å². The second-order valence-electron chi connectivity index (χ2n) is 3.89. The molecule has 0 aromatic carbocycles. The van der Waals surface area contributed by atoms with E-state index < -0.39 is 0 Å². The molecule has 0 saturated carbocycles. The highest BCUT2D eigenvalue weighted by molar-refractivity contribution is 5.93. The Bertz CT molecular complexity index is 421. The van der Waals surface area contributed by atoms with Crippen LogP contribution in [-0.2, 0) is 0 Å². The number of carbonyl (C=O) groups excluding carboxylic acids is 1. The summed E-state index contributed by atoms with van der Waals surface area (Å²) in [5, 5.41) is 2.83. The Kier molecular flexibility index (Phi) is 6.47. The first-order valence-electron chi connectivity index (χ1n) is 6.31. The van der Waals surface area contributed by atoms with Crippen molar-refractivity contribution in [1.82, 2.24) is 10.3 Å². The molecule has 1 aromatic heterocycles. The summed E-state index contributed by atoms with van der Waals surface area (Å²) in [6.07, 6.45) is 11.5. The van der Waals surface area contributed by atoms with E-state index in [1.807, 2.05) is 6.08 Å². The summed E-state index contributed by atoms with van der Waals surface area (Å²) in [6.45, 7) is 4.78. The highest BCUT2D eigenvalue weighted by Crippen LogP contribution is 2.03. The van der Waals surface area contributed by atoms with Gasteiger partial charge in [0.15, 0.2) is 0 Å². The van der Waals surface area contributed by atoms with Gasteiger partial charge < -0.3 is 5.32 Å². The summed E-state index contributed by atoms with van der Waals surface area (Å²) in [6, 6.07) is 3.50. The van der Waals surface area contributed by atoms with Gasteiger partial charge in [-0.3, -0.25) is 9.78 Å². The van der Waals surface area contributed by atoms with E-state index in [9.17, 15) is 4.79 Å². The van der Waals surface area contributed by atoms with E-state index in [1.165, 1.54) is 5.57 Å². The zero-order valence-electron chi connectivity index (χ0n) is 11.0. The monoisotopic (exact) mass is 244 g/mol. The van der Waals surface area contributed by atoms with E-state index in [1.54, 1.807) is 24.5 Å². The zero-order chi connectivity index (χ0) is 13.2. The molecule has 1 rings (SSSR count). The van der Waals surface area contributed by atoms with Crippen molar-refractivity contribution in [1.29, 1.82) is 0 Å². The van der Waals surface area contributed by atoms with E-state index in [-0.39, 0.29) is 5.91 Å². The Morgan fingerprint density at radius 2 is 2.28 bits per heavy atom. The number of hydrogen-bond donors (Lipinski definition) is 1. The van der Waals surface area contributed by atoms with E-state index >= 15 is 0 Å². The van der Waals surface area contributed by atoms with Gasteiger partial charge >= 0.3 is 0 Å². The predicted molar refractivity (Wildman–Crippen MR) is 74.4 cm³/mol. The molecule has 18 heavy (non-hydrogen) atoms. The van der Waals surface area contributed by atoms with Crippen LogP contribution < -0.4 is 5.32 Å². The number of nitrogens with zero attached hydrogens (tertiary/aromatic N) is 1. The molecule has 0 saturated heterocycles. The van der Waals surface area contributed by atoms with Crippen LogP contribution in [0.1, 0.15) is 37.0 Å². The average molecular weight is 244 g/mol. The molecule has 0 bridgehead atoms. The maximum atomic E-state index is 11.7. The first-order valence-corrected chi connectivity index (χ1v) is 6.31. The third-order valence-corrected chi connectivity index (χ3v) is 2.51. The van der Waals surface area contributed by atoms with Crippen LogP contribution in [0, 0.1) is 0 Å². The summed E-state index contributed by atoms with van der Waals surface area (Å²) < 4.78 is 0. The normalized spacial score (nSPS) is 11.8. The van der Waals surface area contributed by atoms with E-state index in [2.05, 4.69) is 36.3 Å². The topological polar surface area (TPSA) is 42.0 Å². The minimum absolute atomic E-state index is 0.0923. The standard InChI is InChI=1S/C15H20N2O/c1-3-7-13(4-2)8-5-11-17-15(18)14-9-6-10-16-12-14/h5-10,12H,3-4,11H2,1-2H3,(H,17,18). The fraction of sp³-hybridized carbons (Fsp3) is 0.333. The van der Waals surface area contributed by atoms with Gasteiger partial charge in [-0.15, -0.1) is 0 Å². The fourth-order valence-electron chi connectivity index (χ4n) is 1.55. The Balaban J connectivity index is 2.40. The Labute approximate surface area is 109 Å². The van der Waals surface area contributed by atoms with Gasteiger partial charge in [0.1, 0.15) is 0 Å². The van der Waals surface area contributed by atoms with Gasteiger partial charge in [0.05, 0.1) is 5.56 Å². The lowest BCUT2D eigenvalue weighted by molar-refractivity contribution is 0.0957. The summed E-state index contributed by atoms with van der Waals surface area (Å²) in [4.78, 5) is 15.6. The van der Waals surface area contributed by atoms with Crippen molar-refractivity contribution in [3.8, 4) is 0 Å². The van der Waals surface area contributed by atoms with Crippen LogP contribution >= 0.6 is 0 Å². The quantitative estimate of drug-likeness (QED) is 0.781. The molecule has 0 aliphatic rings. The summed E-state index contributed by atoms with van der Waals surface area (Å²) >= 11 is 0. The minimum atomic E-state index is -0.0923. The van der Waals surface area contributed by atoms with Crippen LogP contribution in [0.4, 0.5) is 0 Å². The molecule has 1 N–H and O–H groups in total. The predicted octanol–water partition coefficient (Wildman–Crippen LogP) is 3.11. The number of hydrogen-bond acceptors (Lipinski definition) is 2. The smallest absolute Gasteiger partial charge is 0.253 e. The SMILES string of the molecule is CCC=C(C=CCNC(=O)c1cccnc1)CC. The van der Waals surface area contributed by atoms with Gasteiger partial charge in [0.25, 0.3) is 5.91 Å². The number of aromatic nitrogens is 1. The third-order valence-electron chi connectivity index (χ3n) is 2.51. The van der Waals surface area contributed by atoms with E-state index in [0.29, 0.717) is 12.1 Å². The van der Waals surface area contributed by atoms with Gasteiger partial charge in [-0.05, 0) is 25.0 Å². The Morgan fingerprint density at radius 3 is 2.89 bits per heavy atom. The average Bonchev–Trinajstić information content (AvgIpc) is 2.43. The molecule has 0 aliphatic heterocycles. The van der Waals surface area contributed by atoms with Crippen molar-refractivity contribution in [3.05, 3.63) is 53.9 Å². The van der Waals surface area contributed by atoms with Crippen molar-refractivity contribution >= 4 is 5.91 Å². The Hall–Kier alpha value is -1.90. The van der Waals surface area contributed by atoms with E-state index in [0.717, 1.165) is 12.8 Å². The molecular formula is C15H20N2O. The highest BCUT2D eigenvalue weighted by atomic mass is 16.1. The van der Waals surface area contributed by atoms with Crippen molar-refractivity contribution in [2.24, 2.45) is 0 Å². The molecule has 0 aliphatic carbocycles. The van der Waals surface area contributed by atoms with Crippen LogP contribution in [0.15, 0.2) is 48.3 Å². The van der Waals surface area contributed by atoms with Gasteiger partial charge in [-0.2, -0.15) is 0 Å². The number of rotatable bonds is 6. The van der Waals surface area contributed by atoms with Crippen molar-refractivity contribution in [2.45, 2.75) is 26.7 Å². The third kappa shape index (κ3) is 4.95. The van der Waals surface area contributed by atoms with Crippen molar-refractivity contribution in [3.63, 3.8) is 0 Å². The molecule has 1 heterocycles. The van der Waals surface area contributed by atoms with Gasteiger partial charge in [-0.1, -0.05) is 37.6 Å². The molecule has 1 aromatic rings. The second kappa shape index (κ2) is 8.23. The van der Waals surface area contributed by atoms with Gasteiger partial charge in [0, 0.05) is 18.9 Å². The molecule has 0 unspecified atom stereocenters. The number of nitrogens with one attached hydrogen (secondary N) is 1. The molecule has 0 radical (unpaired) electrons. The first kappa shape index (κ1) is 14.2. The van der Waals surface area contributed by atoms with Gasteiger partial charge in [-0.25, -0.2) is 0 Å². The van der Waals surface area contributed by atoms with Crippen LogP contribution in [-0.4, -0.2) is 17.4 Å². The maximum absolute atomic E-state index is 11.7. The van der Waals surface area contributed by atoms with Crippen molar-refractivity contribution < 1.29 is 4.79 Å². The lowest BCUT2D eigenvalue weighted by atomic mass is 10.1. The largest absolute Gasteiger partial charge is 0.349 e. The first-order chi connectivity index (χ1) is 8.77. The molecule has 1 amide bonds. The zero-order valence-corrected chi connectivity index (χ0v) is 11.0. The minimum Gasteiger partial charge on any atom is -0.349 e. The number of carbonyl (C=O) groups is 1. The number of pyridine rings is 1. The molecule has 3 nitrogen and oxygen atoms in total. The summed E-state index contributed by atoms with van der Waals surface area (Å²) in [5.74, 6) is -0.0923. The fourth-order valence-corrected chi connectivity index (χ4v) is 1.55. The summed E-state index contributed by atoms with van der Waals surface area (Å²) in [5.41, 5.74) is 1.89. The second-order valence-corrected chi connectivity index (χ2v) is 3.89. The molecular weight excluding hydrogens is 224 g/mol. The number of amides is 1. The highest BCUT2D eigenvalue weighted by Gasteiger charge is 2.01. The molecule has 0 fully saturated rings. The van der Waals surface area contributed by atoms with Crippen LogP contribution in [0.25, 0.3) is 0 Å².